The maximum atomic E-state index is 13.3. The van der Waals surface area contributed by atoms with Crippen molar-refractivity contribution >= 4 is 34.9 Å². The van der Waals surface area contributed by atoms with Crippen molar-refractivity contribution in [3.05, 3.63) is 29.3 Å². The largest absolute Gasteiger partial charge is 0.494 e. The first-order valence-electron chi connectivity index (χ1n) is 16.2. The lowest BCUT2D eigenvalue weighted by Crippen LogP contribution is -2.49. The van der Waals surface area contributed by atoms with Crippen molar-refractivity contribution < 1.29 is 19.1 Å². The number of carbonyl (C=O) groups excluding carboxylic acids is 2. The molecule has 0 saturated heterocycles. The molecule has 0 N–H and O–H groups in total. The van der Waals surface area contributed by atoms with Crippen LogP contribution in [0.1, 0.15) is 142 Å². The summed E-state index contributed by atoms with van der Waals surface area (Å²) in [5, 5.41) is 0.193. The van der Waals surface area contributed by atoms with Gasteiger partial charge in [0.15, 0.2) is 0 Å². The predicted molar refractivity (Wildman–Crippen MR) is 173 cm³/mol. The first-order valence-corrected chi connectivity index (χ1v) is 16.6. The normalized spacial score (nSPS) is 17.0. The molecular weight excluding hydrogens is 532 g/mol. The number of carbonyl (C=O) groups is 2. The van der Waals surface area contributed by atoms with Crippen LogP contribution in [0.15, 0.2) is 23.2 Å². The molecule has 0 spiro atoms. The van der Waals surface area contributed by atoms with Crippen LogP contribution in [0, 0.1) is 5.92 Å². The number of aliphatic imine (C=N–C) groups is 1. The van der Waals surface area contributed by atoms with Crippen LogP contribution >= 0.6 is 12.2 Å². The minimum absolute atomic E-state index is 0.163. The molecule has 6 nitrogen and oxygen atoms in total. The summed E-state index contributed by atoms with van der Waals surface area (Å²) in [6.07, 6.45) is 18.0. The van der Waals surface area contributed by atoms with Crippen molar-refractivity contribution in [3.8, 4) is 5.75 Å². The van der Waals surface area contributed by atoms with Crippen LogP contribution in [-0.2, 0) is 20.7 Å². The minimum atomic E-state index is -0.746. The summed E-state index contributed by atoms with van der Waals surface area (Å²) in [6.45, 7) is 10.3. The second-order valence-electron chi connectivity index (χ2n) is 11.1. The fraction of sp³-hybridized carbons (Fsp3) is 0.706. The van der Waals surface area contributed by atoms with E-state index in [9.17, 15) is 9.59 Å². The highest BCUT2D eigenvalue weighted by molar-refractivity contribution is 7.80. The van der Waals surface area contributed by atoms with E-state index in [1.807, 2.05) is 19.1 Å². The summed E-state index contributed by atoms with van der Waals surface area (Å²) in [4.78, 5) is 32.5. The smallest absolute Gasteiger partial charge is 0.317 e. The maximum absolute atomic E-state index is 13.3. The topological polar surface area (TPSA) is 68.2 Å². The lowest BCUT2D eigenvalue weighted by atomic mass is 9.83. The molecule has 0 aliphatic carbocycles. The summed E-state index contributed by atoms with van der Waals surface area (Å²) >= 11 is 5.60. The fourth-order valence-corrected chi connectivity index (χ4v) is 6.15. The van der Waals surface area contributed by atoms with Gasteiger partial charge in [0.05, 0.1) is 19.3 Å². The van der Waals surface area contributed by atoms with E-state index in [4.69, 9.17) is 21.7 Å². The molecule has 1 aromatic rings. The minimum Gasteiger partial charge on any atom is -0.494 e. The standard InChI is InChI=1S/C34H54N2O4S/c1-6-10-11-12-13-14-15-16-17-18-19-20-21-23-27-24-22-25-28(39-8-3)31(27)32-30(33(38)40-9-4)26(5)35-34(41)36(32)29(37)7-2/h22,24-25,30,32H,6-21,23H2,1-5H3. The van der Waals surface area contributed by atoms with E-state index in [0.29, 0.717) is 18.1 Å². The Morgan fingerprint density at radius 2 is 1.44 bits per heavy atom. The number of ether oxygens (including phenoxy) is 2. The Kier molecular flexibility index (Phi) is 16.8. The van der Waals surface area contributed by atoms with Gasteiger partial charge in [0.25, 0.3) is 0 Å². The Labute approximate surface area is 254 Å². The maximum Gasteiger partial charge on any atom is 0.317 e. The summed E-state index contributed by atoms with van der Waals surface area (Å²) in [5.74, 6) is -0.619. The fourth-order valence-electron chi connectivity index (χ4n) is 5.79. The van der Waals surface area contributed by atoms with Crippen molar-refractivity contribution in [2.75, 3.05) is 13.2 Å². The second-order valence-corrected chi connectivity index (χ2v) is 11.4. The van der Waals surface area contributed by atoms with Gasteiger partial charge >= 0.3 is 5.97 Å². The first-order chi connectivity index (χ1) is 19.9. The van der Waals surface area contributed by atoms with Crippen LogP contribution in [0.25, 0.3) is 0 Å². The van der Waals surface area contributed by atoms with Crippen molar-refractivity contribution in [1.29, 1.82) is 0 Å². The third kappa shape index (κ3) is 10.8. The van der Waals surface area contributed by atoms with Crippen molar-refractivity contribution in [2.45, 2.75) is 137 Å². The number of rotatable bonds is 20. The van der Waals surface area contributed by atoms with E-state index < -0.39 is 17.9 Å². The van der Waals surface area contributed by atoms with Crippen LogP contribution in [-0.4, -0.2) is 40.8 Å². The van der Waals surface area contributed by atoms with Crippen LogP contribution in [0.5, 0.6) is 5.75 Å². The summed E-state index contributed by atoms with van der Waals surface area (Å²) in [6, 6.07) is 5.37. The lowest BCUT2D eigenvalue weighted by Gasteiger charge is -2.40. The van der Waals surface area contributed by atoms with Gasteiger partial charge in [-0.3, -0.25) is 14.5 Å². The van der Waals surface area contributed by atoms with E-state index in [1.165, 1.54) is 75.5 Å². The lowest BCUT2D eigenvalue weighted by molar-refractivity contribution is -0.148. The number of hydrogen-bond acceptors (Lipinski definition) is 5. The molecule has 2 unspecified atom stereocenters. The van der Waals surface area contributed by atoms with E-state index >= 15 is 0 Å². The SMILES string of the molecule is CCCCCCCCCCCCCCCc1cccc(OCC)c1C1C(C(=O)OCC)C(C)=NC(=S)N1C(=O)CC. The molecule has 0 bridgehead atoms. The Hall–Kier alpha value is -2.28. The van der Waals surface area contributed by atoms with Gasteiger partial charge in [-0.15, -0.1) is 0 Å². The highest BCUT2D eigenvalue weighted by atomic mass is 32.1. The molecule has 1 aliphatic rings. The molecule has 0 radical (unpaired) electrons. The molecule has 2 rings (SSSR count). The van der Waals surface area contributed by atoms with Gasteiger partial charge in [0.1, 0.15) is 11.7 Å². The molecule has 41 heavy (non-hydrogen) atoms. The van der Waals surface area contributed by atoms with Gasteiger partial charge in [0, 0.05) is 17.7 Å². The van der Waals surface area contributed by atoms with E-state index in [1.54, 1.807) is 20.8 Å². The van der Waals surface area contributed by atoms with Gasteiger partial charge in [0.2, 0.25) is 11.0 Å². The molecule has 0 saturated carbocycles. The van der Waals surface area contributed by atoms with Crippen LogP contribution in [0.3, 0.4) is 0 Å². The molecule has 0 fully saturated rings. The van der Waals surface area contributed by atoms with Gasteiger partial charge in [-0.05, 0) is 57.5 Å². The number of unbranched alkanes of at least 4 members (excludes halogenated alkanes) is 12. The van der Waals surface area contributed by atoms with Gasteiger partial charge < -0.3 is 9.47 Å². The zero-order valence-corrected chi connectivity index (χ0v) is 27.2. The molecule has 1 heterocycles. The monoisotopic (exact) mass is 586 g/mol. The third-order valence-corrected chi connectivity index (χ3v) is 8.22. The highest BCUT2D eigenvalue weighted by Crippen LogP contribution is 2.42. The molecule has 7 heteroatoms. The Balaban J connectivity index is 2.13. The number of benzene rings is 1. The zero-order valence-electron chi connectivity index (χ0n) is 26.3. The Morgan fingerprint density at radius 1 is 0.854 bits per heavy atom. The average molecular weight is 587 g/mol. The number of amides is 1. The van der Waals surface area contributed by atoms with Gasteiger partial charge in [-0.1, -0.05) is 103 Å². The zero-order chi connectivity index (χ0) is 30.0. The predicted octanol–water partition coefficient (Wildman–Crippen LogP) is 8.94. The number of aryl methyl sites for hydroxylation is 1. The van der Waals surface area contributed by atoms with E-state index in [-0.39, 0.29) is 24.0 Å². The molecule has 1 aromatic carbocycles. The molecule has 230 valence electrons. The summed E-state index contributed by atoms with van der Waals surface area (Å²) in [7, 11) is 0. The summed E-state index contributed by atoms with van der Waals surface area (Å²) < 4.78 is 11.6. The molecular formula is C34H54N2O4S. The van der Waals surface area contributed by atoms with Crippen molar-refractivity contribution in [1.82, 2.24) is 4.90 Å². The first kappa shape index (κ1) is 34.9. The number of esters is 1. The van der Waals surface area contributed by atoms with Crippen LogP contribution < -0.4 is 4.74 Å². The molecule has 2 atom stereocenters. The summed E-state index contributed by atoms with van der Waals surface area (Å²) in [5.41, 5.74) is 2.51. The number of nitrogens with zero attached hydrogens (tertiary/aromatic N) is 2. The number of hydrogen-bond donors (Lipinski definition) is 0. The second kappa shape index (κ2) is 19.8. The molecule has 1 amide bonds. The average Bonchev–Trinajstić information content (AvgIpc) is 2.95. The quantitative estimate of drug-likeness (QED) is 0.0867. The van der Waals surface area contributed by atoms with Gasteiger partial charge in [-0.2, -0.15) is 0 Å². The van der Waals surface area contributed by atoms with Gasteiger partial charge in [-0.25, -0.2) is 4.99 Å². The molecule has 0 aromatic heterocycles. The van der Waals surface area contributed by atoms with Crippen molar-refractivity contribution in [2.24, 2.45) is 10.9 Å². The van der Waals surface area contributed by atoms with E-state index in [2.05, 4.69) is 18.0 Å². The van der Waals surface area contributed by atoms with Crippen LogP contribution in [0.4, 0.5) is 0 Å². The Morgan fingerprint density at radius 3 is 1.98 bits per heavy atom. The third-order valence-electron chi connectivity index (χ3n) is 7.94. The Bertz CT molecular complexity index is 993. The molecule has 1 aliphatic heterocycles. The van der Waals surface area contributed by atoms with Crippen molar-refractivity contribution in [3.63, 3.8) is 0 Å². The van der Waals surface area contributed by atoms with Crippen LogP contribution in [0.2, 0.25) is 0 Å². The van der Waals surface area contributed by atoms with E-state index in [0.717, 1.165) is 30.4 Å². The highest BCUT2D eigenvalue weighted by Gasteiger charge is 2.45. The number of thiocarbonyl (C=S) groups is 1.